The number of hydrogen-bond acceptors (Lipinski definition) is 6. The zero-order valence-electron chi connectivity index (χ0n) is 16.4. The first-order chi connectivity index (χ1) is 14.5. The third-order valence-electron chi connectivity index (χ3n) is 4.60. The van der Waals surface area contributed by atoms with E-state index < -0.39 is 17.2 Å². The van der Waals surface area contributed by atoms with Crippen LogP contribution in [0.2, 0.25) is 0 Å². The van der Waals surface area contributed by atoms with Gasteiger partial charge in [-0.15, -0.1) is 11.3 Å². The van der Waals surface area contributed by atoms with E-state index in [9.17, 15) is 14.4 Å². The summed E-state index contributed by atoms with van der Waals surface area (Å²) in [6.07, 6.45) is 2.08. The first-order valence-electron chi connectivity index (χ1n) is 9.43. The van der Waals surface area contributed by atoms with E-state index >= 15 is 0 Å². The van der Waals surface area contributed by atoms with Crippen molar-refractivity contribution in [2.24, 2.45) is 0 Å². The summed E-state index contributed by atoms with van der Waals surface area (Å²) in [5, 5.41) is 5.98. The number of aromatic amines is 1. The molecule has 2 N–H and O–H groups in total. The molecular formula is C21H19N5O3S. The van der Waals surface area contributed by atoms with Gasteiger partial charge in [0, 0.05) is 29.4 Å². The van der Waals surface area contributed by atoms with Crippen LogP contribution < -0.4 is 16.6 Å². The Hall–Kier alpha value is -3.59. The number of carbonyl (C=O) groups is 1. The lowest BCUT2D eigenvalue weighted by Gasteiger charge is -2.09. The van der Waals surface area contributed by atoms with E-state index in [0.29, 0.717) is 18.7 Å². The number of H-pyrrole nitrogens is 1. The Bertz CT molecular complexity index is 1350. The number of fused-ring (bicyclic) bond motifs is 1. The van der Waals surface area contributed by atoms with E-state index in [2.05, 4.69) is 20.3 Å². The molecule has 0 radical (unpaired) electrons. The number of thiazole rings is 1. The molecule has 0 saturated carbocycles. The van der Waals surface area contributed by atoms with Crippen molar-refractivity contribution in [2.75, 3.05) is 5.32 Å². The van der Waals surface area contributed by atoms with Gasteiger partial charge in [0.05, 0.1) is 21.7 Å². The summed E-state index contributed by atoms with van der Waals surface area (Å²) < 4.78 is 1.40. The molecule has 9 heteroatoms. The zero-order valence-corrected chi connectivity index (χ0v) is 17.2. The summed E-state index contributed by atoms with van der Waals surface area (Å²) in [7, 11) is 0. The molecule has 0 bridgehead atoms. The standard InChI is InChI=1S/C21H19N5O3S/c1-3-8-26-18-16(20(28)25-21(26)29)9-14(10-22-18)19(27)24-15-6-4-13(5-7-15)17-11-30-12(2)23-17/h4-7,9-11H,3,8H2,1-2H3,(H,24,27)(H,25,28,29). The number of aryl methyl sites for hydroxylation is 2. The minimum absolute atomic E-state index is 0.199. The molecular weight excluding hydrogens is 402 g/mol. The van der Waals surface area contributed by atoms with Gasteiger partial charge in [-0.05, 0) is 31.5 Å². The predicted octanol–water partition coefficient (Wildman–Crippen LogP) is 3.18. The van der Waals surface area contributed by atoms with Gasteiger partial charge in [-0.2, -0.15) is 0 Å². The normalized spacial score (nSPS) is 11.0. The van der Waals surface area contributed by atoms with Crippen LogP contribution in [0.4, 0.5) is 5.69 Å². The molecule has 1 amide bonds. The van der Waals surface area contributed by atoms with E-state index in [-0.39, 0.29) is 16.6 Å². The van der Waals surface area contributed by atoms with E-state index in [1.54, 1.807) is 23.5 Å². The lowest BCUT2D eigenvalue weighted by molar-refractivity contribution is 0.102. The van der Waals surface area contributed by atoms with Gasteiger partial charge in [-0.1, -0.05) is 19.1 Å². The molecule has 0 spiro atoms. The van der Waals surface area contributed by atoms with Gasteiger partial charge in [0.15, 0.2) is 0 Å². The van der Waals surface area contributed by atoms with Crippen LogP contribution in [0.15, 0.2) is 51.5 Å². The SMILES string of the molecule is CCCn1c(=O)[nH]c(=O)c2cc(C(=O)Nc3ccc(-c4csc(C)n4)cc3)cnc21. The van der Waals surface area contributed by atoms with Crippen LogP contribution in [0.1, 0.15) is 28.7 Å². The Kier molecular flexibility index (Phi) is 5.28. The maximum absolute atomic E-state index is 12.7. The molecule has 3 aromatic heterocycles. The number of rotatable bonds is 5. The average Bonchev–Trinajstić information content (AvgIpc) is 3.17. The predicted molar refractivity (Wildman–Crippen MR) is 117 cm³/mol. The highest BCUT2D eigenvalue weighted by Gasteiger charge is 2.13. The van der Waals surface area contributed by atoms with Gasteiger partial charge in [0.25, 0.3) is 11.5 Å². The fraction of sp³-hybridized carbons (Fsp3) is 0.190. The van der Waals surface area contributed by atoms with Gasteiger partial charge < -0.3 is 5.32 Å². The Morgan fingerprint density at radius 1 is 1.23 bits per heavy atom. The summed E-state index contributed by atoms with van der Waals surface area (Å²) in [4.78, 5) is 47.8. The molecule has 4 aromatic rings. The van der Waals surface area contributed by atoms with Crippen molar-refractivity contribution in [3.05, 3.63) is 73.3 Å². The maximum Gasteiger partial charge on any atom is 0.329 e. The molecule has 0 saturated heterocycles. The maximum atomic E-state index is 12.7. The molecule has 0 atom stereocenters. The van der Waals surface area contributed by atoms with Crippen LogP contribution >= 0.6 is 11.3 Å². The number of amides is 1. The van der Waals surface area contributed by atoms with Crippen LogP contribution in [0.25, 0.3) is 22.3 Å². The number of pyridine rings is 1. The van der Waals surface area contributed by atoms with Crippen LogP contribution in [0.3, 0.4) is 0 Å². The van der Waals surface area contributed by atoms with E-state index in [4.69, 9.17) is 0 Å². The molecule has 8 nitrogen and oxygen atoms in total. The fourth-order valence-corrected chi connectivity index (χ4v) is 3.77. The van der Waals surface area contributed by atoms with Gasteiger partial charge in [-0.3, -0.25) is 19.1 Å². The molecule has 0 aliphatic heterocycles. The lowest BCUT2D eigenvalue weighted by atomic mass is 10.1. The van der Waals surface area contributed by atoms with Gasteiger partial charge in [0.2, 0.25) is 0 Å². The van der Waals surface area contributed by atoms with Crippen LogP contribution in [-0.2, 0) is 6.54 Å². The highest BCUT2D eigenvalue weighted by atomic mass is 32.1. The largest absolute Gasteiger partial charge is 0.329 e. The first-order valence-corrected chi connectivity index (χ1v) is 10.3. The fourth-order valence-electron chi connectivity index (χ4n) is 3.15. The number of carbonyl (C=O) groups excluding carboxylic acids is 1. The van der Waals surface area contributed by atoms with E-state index in [1.165, 1.54) is 16.8 Å². The number of aromatic nitrogens is 4. The molecule has 4 rings (SSSR count). The van der Waals surface area contributed by atoms with Gasteiger partial charge >= 0.3 is 5.69 Å². The smallest absolute Gasteiger partial charge is 0.322 e. The number of benzene rings is 1. The first kappa shape index (κ1) is 19.7. The molecule has 3 heterocycles. The third kappa shape index (κ3) is 3.79. The average molecular weight is 421 g/mol. The Balaban J connectivity index is 1.60. The summed E-state index contributed by atoms with van der Waals surface area (Å²) in [6, 6.07) is 8.81. The second kappa shape index (κ2) is 8.03. The molecule has 152 valence electrons. The topological polar surface area (TPSA) is 110 Å². The number of anilines is 1. The summed E-state index contributed by atoms with van der Waals surface area (Å²) in [6.45, 7) is 4.30. The second-order valence-electron chi connectivity index (χ2n) is 6.79. The van der Waals surface area contributed by atoms with Crippen LogP contribution in [0, 0.1) is 6.92 Å². The number of hydrogen-bond donors (Lipinski definition) is 2. The number of nitrogens with zero attached hydrogens (tertiary/aromatic N) is 3. The van der Waals surface area contributed by atoms with Gasteiger partial charge in [-0.25, -0.2) is 14.8 Å². The minimum Gasteiger partial charge on any atom is -0.322 e. The van der Waals surface area contributed by atoms with Crippen molar-refractivity contribution in [1.82, 2.24) is 19.5 Å². The monoisotopic (exact) mass is 421 g/mol. The summed E-state index contributed by atoms with van der Waals surface area (Å²) >= 11 is 1.58. The molecule has 0 fully saturated rings. The van der Waals surface area contributed by atoms with E-state index in [1.807, 2.05) is 31.4 Å². The van der Waals surface area contributed by atoms with Crippen molar-refractivity contribution in [2.45, 2.75) is 26.8 Å². The van der Waals surface area contributed by atoms with Crippen molar-refractivity contribution < 1.29 is 4.79 Å². The highest BCUT2D eigenvalue weighted by molar-refractivity contribution is 7.09. The molecule has 0 aliphatic carbocycles. The highest BCUT2D eigenvalue weighted by Crippen LogP contribution is 2.23. The Morgan fingerprint density at radius 3 is 2.67 bits per heavy atom. The third-order valence-corrected chi connectivity index (χ3v) is 5.37. The lowest BCUT2D eigenvalue weighted by Crippen LogP contribution is -2.31. The quantitative estimate of drug-likeness (QED) is 0.514. The molecule has 30 heavy (non-hydrogen) atoms. The number of nitrogens with one attached hydrogen (secondary N) is 2. The molecule has 1 aromatic carbocycles. The Labute approximate surface area is 175 Å². The van der Waals surface area contributed by atoms with Crippen molar-refractivity contribution in [3.8, 4) is 11.3 Å². The van der Waals surface area contributed by atoms with Gasteiger partial charge in [0.1, 0.15) is 5.65 Å². The van der Waals surface area contributed by atoms with Crippen molar-refractivity contribution in [3.63, 3.8) is 0 Å². The van der Waals surface area contributed by atoms with E-state index in [0.717, 1.165) is 16.3 Å². The molecule has 0 unspecified atom stereocenters. The van der Waals surface area contributed by atoms with Crippen molar-refractivity contribution >= 4 is 34.0 Å². The zero-order chi connectivity index (χ0) is 21.3. The second-order valence-corrected chi connectivity index (χ2v) is 7.85. The van der Waals surface area contributed by atoms with Crippen LogP contribution in [-0.4, -0.2) is 25.4 Å². The summed E-state index contributed by atoms with van der Waals surface area (Å²) in [5.74, 6) is -0.394. The van der Waals surface area contributed by atoms with Crippen LogP contribution in [0.5, 0.6) is 0 Å². The summed E-state index contributed by atoms with van der Waals surface area (Å²) in [5.41, 5.74) is 1.90. The molecule has 0 aliphatic rings. The Morgan fingerprint density at radius 2 is 2.00 bits per heavy atom. The minimum atomic E-state index is -0.563. The van der Waals surface area contributed by atoms with Crippen molar-refractivity contribution in [1.29, 1.82) is 0 Å².